The summed E-state index contributed by atoms with van der Waals surface area (Å²) in [6.07, 6.45) is 12.7. The van der Waals surface area contributed by atoms with E-state index >= 15 is 0 Å². The number of carbonyl (C=O) groups excluding carboxylic acids is 3. The van der Waals surface area contributed by atoms with Gasteiger partial charge in [-0.2, -0.15) is 0 Å². The maximum atomic E-state index is 14.9. The number of nitrogens with zero attached hydrogens (tertiary/aromatic N) is 3. The molecule has 0 unspecified atom stereocenters. The van der Waals surface area contributed by atoms with Crippen LogP contribution in [0.4, 0.5) is 57.9 Å². The summed E-state index contributed by atoms with van der Waals surface area (Å²) in [5.74, 6) is -11.8. The van der Waals surface area contributed by atoms with E-state index in [4.69, 9.17) is 34.8 Å². The van der Waals surface area contributed by atoms with Crippen LogP contribution < -0.4 is 44.3 Å². The minimum Gasteiger partial charge on any atom is -0.477 e. The van der Waals surface area contributed by atoms with E-state index < -0.39 is 148 Å². The van der Waals surface area contributed by atoms with Gasteiger partial charge in [-0.3, -0.25) is 23.8 Å². The fourth-order valence-electron chi connectivity index (χ4n) is 9.73. The topological polar surface area (TPSA) is 471 Å². The number of benzene rings is 6. The highest BCUT2D eigenvalue weighted by Gasteiger charge is 2.29. The van der Waals surface area contributed by atoms with E-state index in [-0.39, 0.29) is 43.3 Å². The van der Waals surface area contributed by atoms with Gasteiger partial charge in [0, 0.05) is 89.7 Å². The molecule has 30 nitrogen and oxygen atoms in total. The quantitative estimate of drug-likeness (QED) is 0.0122. The largest absolute Gasteiger partial charge is 0.477 e. The number of halogens is 11. The number of pyridine rings is 3. The van der Waals surface area contributed by atoms with Crippen LogP contribution in [0.15, 0.2) is 155 Å². The lowest BCUT2D eigenvalue weighted by atomic mass is 9.89. The maximum absolute atomic E-state index is 14.9. The zero-order valence-corrected chi connectivity index (χ0v) is 65.6. The van der Waals surface area contributed by atoms with Crippen LogP contribution in [0.5, 0.6) is 23.0 Å². The Morgan fingerprint density at radius 2 is 0.930 bits per heavy atom. The molecule has 8 heterocycles. The van der Waals surface area contributed by atoms with Crippen LogP contribution in [-0.2, 0) is 43.9 Å². The van der Waals surface area contributed by atoms with Gasteiger partial charge in [0.15, 0.2) is 46.3 Å². The zero-order chi connectivity index (χ0) is 83.4. The Bertz CT molecular complexity index is 6180. The first kappa shape index (κ1) is 92.4. The number of carboxylic acids is 1. The number of carbonyl (C=O) groups is 4. The molecule has 0 atom stereocenters. The molecule has 0 amide bonds. The molecular formula is C69H59BBr2ClF8N10O20S4. The summed E-state index contributed by atoms with van der Waals surface area (Å²) in [4.78, 5) is 68.2. The van der Waals surface area contributed by atoms with Crippen molar-refractivity contribution in [3.63, 3.8) is 0 Å². The molecule has 12 aromatic rings. The first-order valence-electron chi connectivity index (χ1n) is 30.8. The minimum atomic E-state index is -3.84. The molecule has 609 valence electrons. The van der Waals surface area contributed by atoms with Gasteiger partial charge < -0.3 is 60.0 Å². The van der Waals surface area contributed by atoms with E-state index in [0.29, 0.717) is 60.9 Å². The van der Waals surface area contributed by atoms with Crippen LogP contribution in [0.2, 0.25) is 0 Å². The lowest BCUT2D eigenvalue weighted by Gasteiger charge is -2.10. The number of esters is 1. The van der Waals surface area contributed by atoms with Crippen molar-refractivity contribution < 1.29 is 127 Å². The predicted molar refractivity (Wildman–Crippen MR) is 417 cm³/mol. The number of carboxylic acid groups (broad SMARTS) is 1. The number of anilines is 4. The fourth-order valence-corrected chi connectivity index (χ4v) is 12.1. The Labute approximate surface area is 669 Å². The van der Waals surface area contributed by atoms with Gasteiger partial charge in [0.1, 0.15) is 51.3 Å². The van der Waals surface area contributed by atoms with Crippen molar-refractivity contribution in [3.05, 3.63) is 235 Å². The van der Waals surface area contributed by atoms with Gasteiger partial charge in [0.2, 0.25) is 64.3 Å². The molecule has 1 radical (unpaired) electrons. The van der Waals surface area contributed by atoms with E-state index in [1.807, 2.05) is 27.8 Å². The molecule has 14 rings (SSSR count). The second-order valence-electron chi connectivity index (χ2n) is 22.9. The summed E-state index contributed by atoms with van der Waals surface area (Å²) < 4.78 is 228. The number of fused-ring (bicyclic) bond motifs is 5. The van der Waals surface area contributed by atoms with Crippen LogP contribution >= 0.6 is 42.5 Å². The Morgan fingerprint density at radius 3 is 1.40 bits per heavy atom. The van der Waals surface area contributed by atoms with Crippen LogP contribution in [0.1, 0.15) is 60.0 Å². The van der Waals surface area contributed by atoms with Crippen molar-refractivity contribution in [2.45, 2.75) is 7.43 Å². The van der Waals surface area contributed by atoms with Crippen LogP contribution in [0, 0.1) is 46.5 Å². The number of H-pyrrole nitrogens is 3. The Morgan fingerprint density at radius 1 is 0.522 bits per heavy atom. The van der Waals surface area contributed by atoms with E-state index in [1.54, 1.807) is 65.6 Å². The number of aromatic nitrogens is 6. The number of methoxy groups -OCH3 is 1. The van der Waals surface area contributed by atoms with Crippen molar-refractivity contribution >= 4 is 174 Å². The third kappa shape index (κ3) is 24.8. The summed E-state index contributed by atoms with van der Waals surface area (Å²) in [5, 5.41) is 19.0. The van der Waals surface area contributed by atoms with Crippen molar-refractivity contribution in [3.8, 4) is 34.1 Å². The number of hydrogen-bond acceptors (Lipinski definition) is 22. The molecule has 12 N–H and O–H groups in total. The van der Waals surface area contributed by atoms with Gasteiger partial charge in [-0.05, 0) is 140 Å². The number of aromatic amines is 3. The molecule has 0 saturated heterocycles. The van der Waals surface area contributed by atoms with Crippen LogP contribution in [-0.4, -0.2) is 156 Å². The summed E-state index contributed by atoms with van der Waals surface area (Å²) >= 11 is 6.56. The number of ether oxygens (including phenoxy) is 5. The van der Waals surface area contributed by atoms with Crippen LogP contribution in [0.3, 0.4) is 0 Å². The van der Waals surface area contributed by atoms with Gasteiger partial charge in [0.05, 0.1) is 66.0 Å². The van der Waals surface area contributed by atoms with Gasteiger partial charge in [-0.1, -0.05) is 19.6 Å². The lowest BCUT2D eigenvalue weighted by Crippen LogP contribution is -2.14. The highest BCUT2D eigenvalue weighted by Crippen LogP contribution is 2.38. The molecule has 6 aromatic carbocycles. The molecule has 6 aromatic heterocycles. The summed E-state index contributed by atoms with van der Waals surface area (Å²) in [7, 11) is -8.03. The molecule has 0 aliphatic carbocycles. The van der Waals surface area contributed by atoms with Crippen LogP contribution in [0.25, 0.3) is 44.2 Å². The number of rotatable bonds is 14. The second kappa shape index (κ2) is 39.1. The summed E-state index contributed by atoms with van der Waals surface area (Å²) in [6.45, 7) is 0.390. The number of ketones is 2. The number of aromatic carboxylic acids is 1. The number of nitrogen functional groups attached to an aromatic ring is 1. The first-order valence-corrected chi connectivity index (χ1v) is 40.8. The van der Waals surface area contributed by atoms with Gasteiger partial charge in [-0.25, -0.2) is 93.3 Å². The molecule has 2 aliphatic rings. The van der Waals surface area contributed by atoms with Gasteiger partial charge in [0.25, 0.3) is 0 Å². The van der Waals surface area contributed by atoms with Gasteiger partial charge >= 0.3 is 19.4 Å². The SMILES string of the molecule is Brc1cnc2[nH]ccc2c1.C.COC(=O)c1c(F)ccc(N)c1F.CS(=O)(=O)Cl.CS(=O)(=O)Nc1ccc(F)c(C(=O)O)c1F.CS(=O)(=O)Nc1ccc(F)c(C(=O)c2c[nH]c3ncc(-c4ccc5c(c4)OCO5)cc23)c1F.CS(=O)(=O)Nc1ccc(F)c(C(=O)c2c[nH]c3ncc(Br)cc23)c1F.O.O[B]c1ccc2c(c1)OCO2. The van der Waals surface area contributed by atoms with Crippen molar-refractivity contribution in [2.24, 2.45) is 0 Å². The maximum Gasteiger partial charge on any atom is 0.343 e. The summed E-state index contributed by atoms with van der Waals surface area (Å²) in [6, 6.07) is 24.7. The highest BCUT2D eigenvalue weighted by molar-refractivity contribution is 9.10. The third-order valence-electron chi connectivity index (χ3n) is 14.5. The zero-order valence-electron chi connectivity index (χ0n) is 58.4. The molecule has 0 fully saturated rings. The van der Waals surface area contributed by atoms with Gasteiger partial charge in [-0.15, -0.1) is 0 Å². The minimum absolute atomic E-state index is 0. The standard InChI is InChI=1S/C22H15F2N3O5S.C15H10BrF2N3O3S.C8H7F2NO4S.C8H7F2NO2.C7H6BO3.C7H5BrN2.CH3ClO2S.CH4.H2O/c1-33(29,30)27-16-4-3-15(23)19(20(16)24)21(28)14-9-26-22-13(14)6-12(8-25-22)11-2-5-17-18(7-11)32-10-31-17;1-25(23,24)21-11-3-2-10(17)12(13(11)18)14(22)9-6-20-15-8(9)4-7(16)5-19-15;1-16(14,15)11-5-3-2-4(9)6(7(5)10)8(12)13;1-13-8(12)6-4(9)2-3-5(11)7(6)10;9-8-5-1-2-6-7(3-5)11-4-10-6;8-6-3-5-1-2-9-7(5)10-4-6;1-5(2,3)4;;/h2-9,27H,10H2,1H3,(H,25,26);2-6,21H,1H3,(H,19,20);2-3,11H,1H3,(H,12,13);2-3H,11H2,1H3;1-3,9H,4H2;1-4H,(H,9,10);1H3;1H4;1H2. The average Bonchev–Trinajstić information content (AvgIpc) is 1.66. The molecule has 0 spiro atoms. The van der Waals surface area contributed by atoms with E-state index in [2.05, 4.69) is 77.2 Å². The molecule has 46 heteroatoms. The molecule has 115 heavy (non-hydrogen) atoms. The third-order valence-corrected chi connectivity index (χ3v) is 17.1. The number of nitrogens with two attached hydrogens (primary N) is 1. The lowest BCUT2D eigenvalue weighted by molar-refractivity contribution is 0.0588. The Hall–Kier alpha value is -11.5. The molecule has 0 saturated carbocycles. The Balaban J connectivity index is 0.000000222. The molecule has 0 bridgehead atoms. The van der Waals surface area contributed by atoms with E-state index in [0.717, 1.165) is 109 Å². The molecular weight excluding hydrogens is 1780 g/mol. The Kier molecular flexibility index (Phi) is 31.4. The normalized spacial score (nSPS) is 11.6. The fraction of sp³-hybridized carbons (Fsp3) is 0.116. The first-order chi connectivity index (χ1) is 52.9. The van der Waals surface area contributed by atoms with Crippen molar-refractivity contribution in [1.29, 1.82) is 0 Å². The monoisotopic (exact) mass is 1830 g/mol. The molecule has 2 aliphatic heterocycles. The predicted octanol–water partition coefficient (Wildman–Crippen LogP) is 11.4. The second-order valence-corrected chi connectivity index (χ2v) is 33.0. The number of sulfonamides is 3. The van der Waals surface area contributed by atoms with E-state index in [9.17, 15) is 88.0 Å². The van der Waals surface area contributed by atoms with Crippen molar-refractivity contribution in [2.75, 3.05) is 65.6 Å². The number of nitrogens with one attached hydrogen (secondary N) is 6. The smallest absolute Gasteiger partial charge is 0.343 e. The summed E-state index contributed by atoms with van der Waals surface area (Å²) in [5.41, 5.74) is 3.25. The average molecular weight is 1830 g/mol. The van der Waals surface area contributed by atoms with Crippen molar-refractivity contribution in [1.82, 2.24) is 29.9 Å². The van der Waals surface area contributed by atoms with E-state index in [1.165, 1.54) is 18.6 Å². The highest BCUT2D eigenvalue weighted by atomic mass is 79.9. The number of hydrogen-bond donors (Lipinski definition) is 9.